The number of ether oxygens (including phenoxy) is 1. The third-order valence-corrected chi connectivity index (χ3v) is 5.21. The van der Waals surface area contributed by atoms with Crippen LogP contribution in [0.15, 0.2) is 18.3 Å². The van der Waals surface area contributed by atoms with Crippen molar-refractivity contribution >= 4 is 5.97 Å². The topological polar surface area (TPSA) is 106 Å². The van der Waals surface area contributed by atoms with Crippen molar-refractivity contribution in [1.82, 2.24) is 4.98 Å². The highest BCUT2D eigenvalue weighted by molar-refractivity contribution is 5.78. The van der Waals surface area contributed by atoms with Gasteiger partial charge in [0.05, 0.1) is 6.10 Å². The lowest BCUT2D eigenvalue weighted by Gasteiger charge is -2.31. The number of carboxylic acids is 1. The molecule has 1 heterocycles. The van der Waals surface area contributed by atoms with Crippen LogP contribution in [0.2, 0.25) is 0 Å². The van der Waals surface area contributed by atoms with Crippen molar-refractivity contribution in [1.29, 1.82) is 0 Å². The molecule has 0 aromatic carbocycles. The third-order valence-electron chi connectivity index (χ3n) is 5.21. The van der Waals surface area contributed by atoms with E-state index < -0.39 is 17.6 Å². The van der Waals surface area contributed by atoms with Crippen LogP contribution in [0, 0.1) is 11.8 Å². The number of aromatic nitrogens is 1. The maximum atomic E-state index is 11.7. The van der Waals surface area contributed by atoms with Crippen LogP contribution in [0.1, 0.15) is 58.6 Å². The van der Waals surface area contributed by atoms with Gasteiger partial charge in [0, 0.05) is 30.4 Å². The van der Waals surface area contributed by atoms with Gasteiger partial charge >= 0.3 is 5.97 Å². The monoisotopic (exact) mass is 364 g/mol. The number of carbonyl (C=O) groups is 1. The van der Waals surface area contributed by atoms with Gasteiger partial charge in [0.2, 0.25) is 0 Å². The van der Waals surface area contributed by atoms with E-state index in [1.165, 1.54) is 0 Å². The molecule has 0 aliphatic heterocycles. The molecule has 4 N–H and O–H groups in total. The van der Waals surface area contributed by atoms with Crippen LogP contribution in [-0.4, -0.2) is 38.9 Å². The Balaban J connectivity index is 2.08. The summed E-state index contributed by atoms with van der Waals surface area (Å²) < 4.78 is 6.04. The van der Waals surface area contributed by atoms with Crippen molar-refractivity contribution in [2.24, 2.45) is 17.6 Å². The summed E-state index contributed by atoms with van der Waals surface area (Å²) in [6.07, 6.45) is 6.41. The van der Waals surface area contributed by atoms with E-state index in [-0.39, 0.29) is 18.4 Å². The summed E-state index contributed by atoms with van der Waals surface area (Å²) in [6.45, 7) is 6.15. The van der Waals surface area contributed by atoms with Crippen LogP contribution >= 0.6 is 0 Å². The number of nitrogens with two attached hydrogens (primary N) is 1. The Labute approximate surface area is 155 Å². The summed E-state index contributed by atoms with van der Waals surface area (Å²) in [4.78, 5) is 15.9. The van der Waals surface area contributed by atoms with Gasteiger partial charge in [0.1, 0.15) is 5.75 Å². The summed E-state index contributed by atoms with van der Waals surface area (Å²) in [7, 11) is 0. The fraction of sp³-hybridized carbons (Fsp3) is 0.700. The SMILES string of the molecule is CC(C)C[C@H](N)[C@@](O)(Cc1cc(O[C@H]2CC[C@H](C)CC2)ccn1)C(=O)O. The van der Waals surface area contributed by atoms with E-state index in [2.05, 4.69) is 11.9 Å². The van der Waals surface area contributed by atoms with E-state index >= 15 is 0 Å². The van der Waals surface area contributed by atoms with E-state index in [0.717, 1.165) is 31.6 Å². The van der Waals surface area contributed by atoms with Crippen molar-refractivity contribution in [3.8, 4) is 5.75 Å². The number of pyridine rings is 1. The van der Waals surface area contributed by atoms with E-state index in [4.69, 9.17) is 10.5 Å². The Bertz CT molecular complexity index is 599. The van der Waals surface area contributed by atoms with E-state index in [1.807, 2.05) is 13.8 Å². The molecule has 1 saturated carbocycles. The maximum Gasteiger partial charge on any atom is 0.337 e. The highest BCUT2D eigenvalue weighted by Gasteiger charge is 2.43. The molecule has 1 fully saturated rings. The summed E-state index contributed by atoms with van der Waals surface area (Å²) >= 11 is 0. The van der Waals surface area contributed by atoms with Crippen LogP contribution in [0.5, 0.6) is 5.75 Å². The number of rotatable bonds is 8. The van der Waals surface area contributed by atoms with Crippen LogP contribution in [0.3, 0.4) is 0 Å². The molecule has 0 bridgehead atoms. The number of hydrogen-bond donors (Lipinski definition) is 3. The first-order chi connectivity index (χ1) is 12.2. The molecule has 0 unspecified atom stereocenters. The number of nitrogens with zero attached hydrogens (tertiary/aromatic N) is 1. The molecule has 0 saturated heterocycles. The Morgan fingerprint density at radius 1 is 1.38 bits per heavy atom. The first kappa shape index (κ1) is 20.6. The Hall–Kier alpha value is -1.66. The second-order valence-corrected chi connectivity index (χ2v) is 8.12. The van der Waals surface area contributed by atoms with Gasteiger partial charge in [-0.2, -0.15) is 0 Å². The molecule has 6 heteroatoms. The average molecular weight is 364 g/mol. The molecule has 2 rings (SSSR count). The number of hydrogen-bond acceptors (Lipinski definition) is 5. The molecular formula is C20H32N2O4. The Morgan fingerprint density at radius 3 is 2.62 bits per heavy atom. The normalized spacial score (nSPS) is 24.1. The maximum absolute atomic E-state index is 11.7. The molecule has 1 aliphatic carbocycles. The molecule has 1 aliphatic rings. The lowest BCUT2D eigenvalue weighted by Crippen LogP contribution is -2.56. The number of aliphatic carboxylic acids is 1. The van der Waals surface area contributed by atoms with Crippen molar-refractivity contribution in [3.63, 3.8) is 0 Å². The summed E-state index contributed by atoms with van der Waals surface area (Å²) in [5.41, 5.74) is 4.44. The van der Waals surface area contributed by atoms with E-state index in [9.17, 15) is 15.0 Å². The van der Waals surface area contributed by atoms with Crippen LogP contribution in [0.25, 0.3) is 0 Å². The second-order valence-electron chi connectivity index (χ2n) is 8.12. The van der Waals surface area contributed by atoms with Gasteiger partial charge < -0.3 is 20.7 Å². The molecule has 0 radical (unpaired) electrons. The lowest BCUT2D eigenvalue weighted by atomic mass is 9.84. The molecule has 1 aromatic heterocycles. The van der Waals surface area contributed by atoms with Crippen molar-refractivity contribution in [2.75, 3.05) is 0 Å². The van der Waals surface area contributed by atoms with Gasteiger partial charge in [0.25, 0.3) is 0 Å². The third kappa shape index (κ3) is 5.42. The first-order valence-electron chi connectivity index (χ1n) is 9.53. The fourth-order valence-corrected chi connectivity index (χ4v) is 3.51. The highest BCUT2D eigenvalue weighted by Crippen LogP contribution is 2.28. The smallest absolute Gasteiger partial charge is 0.337 e. The van der Waals surface area contributed by atoms with Gasteiger partial charge in [-0.1, -0.05) is 20.8 Å². The van der Waals surface area contributed by atoms with Crippen LogP contribution < -0.4 is 10.5 Å². The predicted octanol–water partition coefficient (Wildman–Crippen LogP) is 2.77. The van der Waals surface area contributed by atoms with Gasteiger partial charge in [-0.25, -0.2) is 4.79 Å². The molecule has 26 heavy (non-hydrogen) atoms. The van der Waals surface area contributed by atoms with Gasteiger partial charge in [0.15, 0.2) is 5.60 Å². The highest BCUT2D eigenvalue weighted by atomic mass is 16.5. The van der Waals surface area contributed by atoms with Gasteiger partial charge in [-0.15, -0.1) is 0 Å². The molecule has 146 valence electrons. The fourth-order valence-electron chi connectivity index (χ4n) is 3.51. The van der Waals surface area contributed by atoms with Gasteiger partial charge in [-0.05, 0) is 50.0 Å². The summed E-state index contributed by atoms with van der Waals surface area (Å²) in [5.74, 6) is 0.280. The molecule has 2 atom stereocenters. The molecule has 0 amide bonds. The standard InChI is InChI=1S/C20H32N2O4/c1-13(2)10-18(21)20(25,19(23)24)12-15-11-17(8-9-22-15)26-16-6-4-14(3)5-7-16/h8-9,11,13-14,16,18,25H,4-7,10,12,21H2,1-3H3,(H,23,24)/t14-,16-,18-,20-/m0/s1. The minimum absolute atomic E-state index is 0.144. The molecule has 1 aromatic rings. The Morgan fingerprint density at radius 2 is 2.04 bits per heavy atom. The lowest BCUT2D eigenvalue weighted by molar-refractivity contribution is -0.161. The quantitative estimate of drug-likeness (QED) is 0.655. The molecule has 0 spiro atoms. The predicted molar refractivity (Wildman–Crippen MR) is 100 cm³/mol. The molecular weight excluding hydrogens is 332 g/mol. The van der Waals surface area contributed by atoms with E-state index in [0.29, 0.717) is 17.9 Å². The minimum Gasteiger partial charge on any atom is -0.490 e. The van der Waals surface area contributed by atoms with Crippen molar-refractivity contribution < 1.29 is 19.7 Å². The summed E-state index contributed by atoms with van der Waals surface area (Å²) in [6, 6.07) is 2.62. The second kappa shape index (κ2) is 8.82. The number of aliphatic hydroxyl groups is 1. The van der Waals surface area contributed by atoms with E-state index in [1.54, 1.807) is 18.3 Å². The van der Waals surface area contributed by atoms with Crippen LogP contribution in [-0.2, 0) is 11.2 Å². The minimum atomic E-state index is -2.05. The first-order valence-corrected chi connectivity index (χ1v) is 9.53. The average Bonchev–Trinajstić information content (AvgIpc) is 2.56. The van der Waals surface area contributed by atoms with Crippen LogP contribution in [0.4, 0.5) is 0 Å². The zero-order chi connectivity index (χ0) is 19.3. The number of carboxylic acid groups (broad SMARTS) is 1. The van der Waals surface area contributed by atoms with Crippen molar-refractivity contribution in [2.45, 2.75) is 77.0 Å². The van der Waals surface area contributed by atoms with Crippen molar-refractivity contribution in [3.05, 3.63) is 24.0 Å². The molecule has 6 nitrogen and oxygen atoms in total. The summed E-state index contributed by atoms with van der Waals surface area (Å²) in [5, 5.41) is 20.2. The Kier molecular flexibility index (Phi) is 7.01. The zero-order valence-corrected chi connectivity index (χ0v) is 16.0. The largest absolute Gasteiger partial charge is 0.490 e. The van der Waals surface area contributed by atoms with Gasteiger partial charge in [-0.3, -0.25) is 4.98 Å². The zero-order valence-electron chi connectivity index (χ0n) is 16.0.